The highest BCUT2D eigenvalue weighted by atomic mass is 32.2. The van der Waals surface area contributed by atoms with E-state index in [1.165, 1.54) is 5.75 Å². The topological polar surface area (TPSA) is 60.2 Å². The zero-order valence-electron chi connectivity index (χ0n) is 11.6. The molecule has 0 amide bonds. The summed E-state index contributed by atoms with van der Waals surface area (Å²) >= 11 is 3.91. The molecule has 3 atom stereocenters. The number of methoxy groups -OCH3 is 1. The van der Waals surface area contributed by atoms with Gasteiger partial charge in [0.05, 0.1) is 11.9 Å². The number of aromatic nitrogens is 2. The zero-order valence-corrected chi connectivity index (χ0v) is 13.2. The first-order valence-corrected chi connectivity index (χ1v) is 8.56. The Labute approximate surface area is 122 Å². The number of thioether (sulfide) groups is 2. The minimum absolute atomic E-state index is 0.212. The molecule has 108 valence electrons. The first-order chi connectivity index (χ1) is 9.24. The number of nitrogens with one attached hydrogen (secondary N) is 1. The Morgan fingerprint density at radius 1 is 1.47 bits per heavy atom. The molecule has 1 aliphatic rings. The molecule has 1 aromatic heterocycles. The van der Waals surface area contributed by atoms with Crippen molar-refractivity contribution in [1.29, 1.82) is 0 Å². The summed E-state index contributed by atoms with van der Waals surface area (Å²) in [7, 11) is 3.61. The summed E-state index contributed by atoms with van der Waals surface area (Å²) < 4.78 is 10.5. The third-order valence-corrected chi connectivity index (χ3v) is 6.21. The van der Waals surface area contributed by atoms with Gasteiger partial charge in [-0.15, -0.1) is 11.8 Å². The lowest BCUT2D eigenvalue weighted by molar-refractivity contribution is 0.165. The van der Waals surface area contributed by atoms with Crippen LogP contribution in [-0.4, -0.2) is 53.7 Å². The fourth-order valence-corrected chi connectivity index (χ4v) is 4.72. The predicted octanol–water partition coefficient (Wildman–Crippen LogP) is 1.76. The van der Waals surface area contributed by atoms with E-state index in [4.69, 9.17) is 9.26 Å². The second kappa shape index (κ2) is 7.52. The molecule has 0 saturated carbocycles. The van der Waals surface area contributed by atoms with E-state index in [2.05, 4.69) is 22.4 Å². The van der Waals surface area contributed by atoms with Crippen LogP contribution in [-0.2, 0) is 11.2 Å². The van der Waals surface area contributed by atoms with Gasteiger partial charge in [-0.1, -0.05) is 12.1 Å². The Bertz CT molecular complexity index is 389. The lowest BCUT2D eigenvalue weighted by Crippen LogP contribution is -2.32. The summed E-state index contributed by atoms with van der Waals surface area (Å²) in [6, 6.07) is 0.212. The summed E-state index contributed by atoms with van der Waals surface area (Å²) in [6.07, 6.45) is 0.705. The lowest BCUT2D eigenvalue weighted by Gasteiger charge is -2.24. The van der Waals surface area contributed by atoms with Gasteiger partial charge in [-0.25, -0.2) is 0 Å². The molecular formula is C12H21N3O2S2. The van der Waals surface area contributed by atoms with E-state index >= 15 is 0 Å². The predicted molar refractivity (Wildman–Crippen MR) is 79.8 cm³/mol. The van der Waals surface area contributed by atoms with Crippen LogP contribution in [0.25, 0.3) is 0 Å². The smallest absolute Gasteiger partial charge is 0.228 e. The summed E-state index contributed by atoms with van der Waals surface area (Å²) in [5.74, 6) is 3.90. The molecule has 0 bridgehead atoms. The Hall–Kier alpha value is -0.240. The standard InChI is InChI=1S/C12H21N3O2S2/c1-8-11(19-5-4-18-8)12-14-10(17-15-12)6-9(13-2)7-16-3/h8-9,11,13H,4-7H2,1-3H3. The second-order valence-corrected chi connectivity index (χ2v) is 7.29. The van der Waals surface area contributed by atoms with Crippen molar-refractivity contribution in [3.63, 3.8) is 0 Å². The van der Waals surface area contributed by atoms with Crippen LogP contribution < -0.4 is 5.32 Å². The van der Waals surface area contributed by atoms with E-state index in [0.717, 1.165) is 11.6 Å². The van der Waals surface area contributed by atoms with Crippen LogP contribution in [0, 0.1) is 0 Å². The Morgan fingerprint density at radius 3 is 2.95 bits per heavy atom. The van der Waals surface area contributed by atoms with Gasteiger partial charge in [-0.05, 0) is 7.05 Å². The van der Waals surface area contributed by atoms with Gasteiger partial charge in [0.2, 0.25) is 5.89 Å². The number of hydrogen-bond acceptors (Lipinski definition) is 7. The Morgan fingerprint density at radius 2 is 2.26 bits per heavy atom. The number of likely N-dealkylation sites (N-methyl/N-ethyl adjacent to an activating group) is 1. The monoisotopic (exact) mass is 303 g/mol. The van der Waals surface area contributed by atoms with Crippen LogP contribution in [0.1, 0.15) is 23.9 Å². The van der Waals surface area contributed by atoms with Crippen molar-refractivity contribution in [2.75, 3.05) is 32.3 Å². The highest BCUT2D eigenvalue weighted by molar-refractivity contribution is 8.06. The van der Waals surface area contributed by atoms with Crippen LogP contribution in [0.15, 0.2) is 4.52 Å². The molecular weight excluding hydrogens is 282 g/mol. The van der Waals surface area contributed by atoms with Crippen molar-refractivity contribution >= 4 is 23.5 Å². The minimum atomic E-state index is 0.212. The SMILES string of the molecule is CNC(COC)Cc1nc(C2SCCSC2C)no1. The normalized spacial score (nSPS) is 25.4. The van der Waals surface area contributed by atoms with E-state index in [0.29, 0.717) is 29.4 Å². The van der Waals surface area contributed by atoms with E-state index < -0.39 is 0 Å². The molecule has 1 aliphatic heterocycles. The van der Waals surface area contributed by atoms with Gasteiger partial charge in [0.15, 0.2) is 5.82 Å². The summed E-state index contributed by atoms with van der Waals surface area (Å²) in [6.45, 7) is 2.87. The molecule has 7 heteroatoms. The minimum Gasteiger partial charge on any atom is -0.383 e. The average molecular weight is 303 g/mol. The lowest BCUT2D eigenvalue weighted by atomic mass is 10.2. The maximum absolute atomic E-state index is 5.37. The third kappa shape index (κ3) is 4.11. The van der Waals surface area contributed by atoms with Gasteiger partial charge in [-0.3, -0.25) is 0 Å². The van der Waals surface area contributed by atoms with Crippen molar-refractivity contribution in [3.8, 4) is 0 Å². The van der Waals surface area contributed by atoms with Crippen LogP contribution >= 0.6 is 23.5 Å². The molecule has 3 unspecified atom stereocenters. The maximum atomic E-state index is 5.37. The van der Waals surface area contributed by atoms with E-state index in [-0.39, 0.29) is 6.04 Å². The molecule has 2 rings (SSSR count). The molecule has 5 nitrogen and oxygen atoms in total. The molecule has 1 saturated heterocycles. The fraction of sp³-hybridized carbons (Fsp3) is 0.833. The number of rotatable bonds is 6. The highest BCUT2D eigenvalue weighted by Gasteiger charge is 2.28. The van der Waals surface area contributed by atoms with E-state index in [9.17, 15) is 0 Å². The maximum Gasteiger partial charge on any atom is 0.228 e. The number of nitrogens with zero attached hydrogens (tertiary/aromatic N) is 2. The Kier molecular flexibility index (Phi) is 6.00. The van der Waals surface area contributed by atoms with Crippen molar-refractivity contribution < 1.29 is 9.26 Å². The van der Waals surface area contributed by atoms with E-state index in [1.807, 2.05) is 30.6 Å². The molecule has 1 N–H and O–H groups in total. The first kappa shape index (κ1) is 15.2. The van der Waals surface area contributed by atoms with Crippen molar-refractivity contribution in [1.82, 2.24) is 15.5 Å². The van der Waals surface area contributed by atoms with Crippen molar-refractivity contribution in [3.05, 3.63) is 11.7 Å². The fourth-order valence-electron chi connectivity index (χ4n) is 2.04. The molecule has 1 fully saturated rings. The molecule has 0 aromatic carbocycles. The van der Waals surface area contributed by atoms with Gasteiger partial charge in [-0.2, -0.15) is 16.7 Å². The quantitative estimate of drug-likeness (QED) is 0.859. The van der Waals surface area contributed by atoms with Crippen LogP contribution in [0.2, 0.25) is 0 Å². The molecule has 0 radical (unpaired) electrons. The van der Waals surface area contributed by atoms with Crippen LogP contribution in [0.4, 0.5) is 0 Å². The van der Waals surface area contributed by atoms with Gasteiger partial charge < -0.3 is 14.6 Å². The molecule has 0 spiro atoms. The summed E-state index contributed by atoms with van der Waals surface area (Å²) in [4.78, 5) is 4.55. The third-order valence-electron chi connectivity index (χ3n) is 3.12. The number of ether oxygens (including phenoxy) is 1. The Balaban J connectivity index is 1.97. The van der Waals surface area contributed by atoms with Crippen molar-refractivity contribution in [2.24, 2.45) is 0 Å². The van der Waals surface area contributed by atoms with Gasteiger partial charge in [0, 0.05) is 36.3 Å². The molecule has 19 heavy (non-hydrogen) atoms. The molecule has 1 aromatic rings. The van der Waals surface area contributed by atoms with Gasteiger partial charge in [0.1, 0.15) is 0 Å². The number of hydrogen-bond donors (Lipinski definition) is 1. The summed E-state index contributed by atoms with van der Waals surface area (Å²) in [5, 5.41) is 8.23. The van der Waals surface area contributed by atoms with Crippen LogP contribution in [0.3, 0.4) is 0 Å². The highest BCUT2D eigenvalue weighted by Crippen LogP contribution is 2.41. The second-order valence-electron chi connectivity index (χ2n) is 4.56. The average Bonchev–Trinajstić information content (AvgIpc) is 2.87. The largest absolute Gasteiger partial charge is 0.383 e. The zero-order chi connectivity index (χ0) is 13.7. The van der Waals surface area contributed by atoms with Gasteiger partial charge >= 0.3 is 0 Å². The molecule has 2 heterocycles. The molecule has 0 aliphatic carbocycles. The van der Waals surface area contributed by atoms with E-state index in [1.54, 1.807) is 7.11 Å². The van der Waals surface area contributed by atoms with Crippen molar-refractivity contribution in [2.45, 2.75) is 29.9 Å². The van der Waals surface area contributed by atoms with Gasteiger partial charge in [0.25, 0.3) is 0 Å². The summed E-state index contributed by atoms with van der Waals surface area (Å²) in [5.41, 5.74) is 0. The van der Waals surface area contributed by atoms with Crippen LogP contribution in [0.5, 0.6) is 0 Å². The first-order valence-electron chi connectivity index (χ1n) is 6.46.